The molecule has 1 aromatic heterocycles. The molecule has 0 saturated heterocycles. The highest BCUT2D eigenvalue weighted by Gasteiger charge is 2.20. The van der Waals surface area contributed by atoms with Gasteiger partial charge in [0.15, 0.2) is 5.03 Å². The Labute approximate surface area is 93.7 Å². The van der Waals surface area contributed by atoms with Crippen LogP contribution in [0.4, 0.5) is 0 Å². The molecule has 2 aromatic rings. The lowest BCUT2D eigenvalue weighted by molar-refractivity contribution is 0.480. The van der Waals surface area contributed by atoms with Crippen LogP contribution in [0.25, 0.3) is 11.1 Å². The molecule has 84 valence electrons. The molecule has 0 aliphatic rings. The highest BCUT2D eigenvalue weighted by Crippen LogP contribution is 2.29. The SMILES string of the molecule is Cc1c[nH]c(S(=O)(=O)O)c1-c1ccccc1. The van der Waals surface area contributed by atoms with Crippen LogP contribution in [0.3, 0.4) is 0 Å². The van der Waals surface area contributed by atoms with Crippen LogP contribution in [-0.4, -0.2) is 18.0 Å². The second-order valence-corrected chi connectivity index (χ2v) is 4.88. The summed E-state index contributed by atoms with van der Waals surface area (Å²) in [6, 6.07) is 9.07. The van der Waals surface area contributed by atoms with E-state index in [0.717, 1.165) is 11.1 Å². The number of hydrogen-bond acceptors (Lipinski definition) is 2. The van der Waals surface area contributed by atoms with Crippen LogP contribution in [0.1, 0.15) is 5.56 Å². The van der Waals surface area contributed by atoms with Gasteiger partial charge in [0, 0.05) is 11.8 Å². The van der Waals surface area contributed by atoms with E-state index in [1.807, 2.05) is 18.2 Å². The molecule has 0 radical (unpaired) electrons. The zero-order valence-electron chi connectivity index (χ0n) is 8.64. The fourth-order valence-electron chi connectivity index (χ4n) is 1.66. The maximum absolute atomic E-state index is 11.2. The van der Waals surface area contributed by atoms with Gasteiger partial charge in [0.25, 0.3) is 0 Å². The molecule has 1 aromatic carbocycles. The normalized spacial score (nSPS) is 11.6. The Morgan fingerprint density at radius 2 is 1.81 bits per heavy atom. The van der Waals surface area contributed by atoms with Gasteiger partial charge < -0.3 is 4.98 Å². The predicted octanol–water partition coefficient (Wildman–Crippen LogP) is 2.24. The maximum Gasteiger partial charge on any atom is 0.310 e. The lowest BCUT2D eigenvalue weighted by Crippen LogP contribution is -2.00. The minimum absolute atomic E-state index is 0.156. The van der Waals surface area contributed by atoms with Gasteiger partial charge in [-0.2, -0.15) is 8.42 Å². The average molecular weight is 237 g/mol. The van der Waals surface area contributed by atoms with Crippen LogP contribution >= 0.6 is 0 Å². The molecule has 5 heteroatoms. The number of nitrogens with one attached hydrogen (secondary N) is 1. The lowest BCUT2D eigenvalue weighted by Gasteiger charge is -2.03. The number of aromatic amines is 1. The molecule has 0 aliphatic heterocycles. The number of H-pyrrole nitrogens is 1. The van der Waals surface area contributed by atoms with Crippen molar-refractivity contribution in [1.82, 2.24) is 4.98 Å². The Kier molecular flexibility index (Phi) is 2.57. The van der Waals surface area contributed by atoms with E-state index in [1.54, 1.807) is 25.3 Å². The van der Waals surface area contributed by atoms with Crippen LogP contribution in [0.5, 0.6) is 0 Å². The third-order valence-electron chi connectivity index (χ3n) is 2.36. The van der Waals surface area contributed by atoms with E-state index in [2.05, 4.69) is 4.98 Å². The van der Waals surface area contributed by atoms with Gasteiger partial charge in [-0.3, -0.25) is 4.55 Å². The summed E-state index contributed by atoms with van der Waals surface area (Å²) in [5, 5.41) is -0.156. The first kappa shape index (κ1) is 10.9. The molecule has 16 heavy (non-hydrogen) atoms. The third-order valence-corrected chi connectivity index (χ3v) is 3.20. The molecular formula is C11H11NO3S. The molecule has 2 N–H and O–H groups in total. The Morgan fingerprint density at radius 3 is 2.38 bits per heavy atom. The Balaban J connectivity index is 2.71. The number of rotatable bonds is 2. The second kappa shape index (κ2) is 3.77. The van der Waals surface area contributed by atoms with Crippen LogP contribution in [-0.2, 0) is 10.1 Å². The smallest absolute Gasteiger partial charge is 0.310 e. The first-order valence-corrected chi connectivity index (χ1v) is 6.15. The topological polar surface area (TPSA) is 70.2 Å². The minimum Gasteiger partial charge on any atom is -0.350 e. The van der Waals surface area contributed by atoms with Crippen molar-refractivity contribution < 1.29 is 13.0 Å². The minimum atomic E-state index is -4.22. The summed E-state index contributed by atoms with van der Waals surface area (Å²) in [5.74, 6) is 0. The van der Waals surface area contributed by atoms with E-state index in [9.17, 15) is 8.42 Å². The molecule has 1 heterocycles. The summed E-state index contributed by atoms with van der Waals surface area (Å²) in [7, 11) is -4.22. The molecule has 0 bridgehead atoms. The maximum atomic E-state index is 11.2. The van der Waals surface area contributed by atoms with Crippen molar-refractivity contribution in [3.63, 3.8) is 0 Å². The van der Waals surface area contributed by atoms with Gasteiger partial charge in [-0.25, -0.2) is 0 Å². The zero-order chi connectivity index (χ0) is 11.8. The summed E-state index contributed by atoms with van der Waals surface area (Å²) in [6.07, 6.45) is 1.56. The predicted molar refractivity (Wildman–Crippen MR) is 60.8 cm³/mol. The van der Waals surface area contributed by atoms with E-state index in [0.29, 0.717) is 5.56 Å². The quantitative estimate of drug-likeness (QED) is 0.787. The highest BCUT2D eigenvalue weighted by atomic mass is 32.2. The largest absolute Gasteiger partial charge is 0.350 e. The van der Waals surface area contributed by atoms with E-state index in [-0.39, 0.29) is 5.03 Å². The first-order valence-electron chi connectivity index (χ1n) is 4.71. The molecule has 0 fully saturated rings. The van der Waals surface area contributed by atoms with Crippen LogP contribution in [0.2, 0.25) is 0 Å². The molecule has 0 atom stereocenters. The fraction of sp³-hybridized carbons (Fsp3) is 0.0909. The molecule has 0 aliphatic carbocycles. The van der Waals surface area contributed by atoms with Gasteiger partial charge in [0.1, 0.15) is 0 Å². The number of benzene rings is 1. The van der Waals surface area contributed by atoms with Gasteiger partial charge >= 0.3 is 10.1 Å². The van der Waals surface area contributed by atoms with E-state index in [1.165, 1.54) is 0 Å². The molecule has 0 amide bonds. The van der Waals surface area contributed by atoms with Gasteiger partial charge in [-0.1, -0.05) is 30.3 Å². The molecule has 2 rings (SSSR count). The van der Waals surface area contributed by atoms with Crippen LogP contribution < -0.4 is 0 Å². The summed E-state index contributed by atoms with van der Waals surface area (Å²) in [5.41, 5.74) is 2.05. The summed E-state index contributed by atoms with van der Waals surface area (Å²) >= 11 is 0. The van der Waals surface area contributed by atoms with Crippen molar-refractivity contribution in [1.29, 1.82) is 0 Å². The van der Waals surface area contributed by atoms with Crippen molar-refractivity contribution in [2.75, 3.05) is 0 Å². The van der Waals surface area contributed by atoms with Crippen molar-refractivity contribution >= 4 is 10.1 Å². The number of aromatic nitrogens is 1. The number of hydrogen-bond donors (Lipinski definition) is 2. The van der Waals surface area contributed by atoms with Gasteiger partial charge in [-0.05, 0) is 18.1 Å². The van der Waals surface area contributed by atoms with E-state index >= 15 is 0 Å². The average Bonchev–Trinajstić information content (AvgIpc) is 2.61. The third kappa shape index (κ3) is 1.87. The van der Waals surface area contributed by atoms with Crippen molar-refractivity contribution in [2.45, 2.75) is 11.9 Å². The monoisotopic (exact) mass is 237 g/mol. The van der Waals surface area contributed by atoms with Crippen LogP contribution in [0, 0.1) is 6.92 Å². The van der Waals surface area contributed by atoms with Crippen molar-refractivity contribution in [3.8, 4) is 11.1 Å². The molecular weight excluding hydrogens is 226 g/mol. The highest BCUT2D eigenvalue weighted by molar-refractivity contribution is 7.85. The van der Waals surface area contributed by atoms with Crippen molar-refractivity contribution in [2.24, 2.45) is 0 Å². The van der Waals surface area contributed by atoms with Gasteiger partial charge in [0.2, 0.25) is 0 Å². The Bertz CT molecular complexity index is 599. The summed E-state index contributed by atoms with van der Waals surface area (Å²) in [4.78, 5) is 2.57. The van der Waals surface area contributed by atoms with Gasteiger partial charge in [-0.15, -0.1) is 0 Å². The molecule has 0 spiro atoms. The van der Waals surface area contributed by atoms with Crippen LogP contribution in [0.15, 0.2) is 41.6 Å². The Hall–Kier alpha value is -1.59. The standard InChI is InChI=1S/C11H11NO3S/c1-8-7-12-11(16(13,14)15)10(8)9-5-3-2-4-6-9/h2-7,12H,1H3,(H,13,14,15). The van der Waals surface area contributed by atoms with Crippen molar-refractivity contribution in [3.05, 3.63) is 42.1 Å². The Morgan fingerprint density at radius 1 is 1.19 bits per heavy atom. The zero-order valence-corrected chi connectivity index (χ0v) is 9.45. The first-order chi connectivity index (χ1) is 7.50. The summed E-state index contributed by atoms with van der Waals surface area (Å²) in [6.45, 7) is 1.79. The lowest BCUT2D eigenvalue weighted by atomic mass is 10.1. The molecule has 0 unspecified atom stereocenters. The fourth-order valence-corrected chi connectivity index (χ4v) is 2.41. The van der Waals surface area contributed by atoms with E-state index in [4.69, 9.17) is 4.55 Å². The molecule has 0 saturated carbocycles. The van der Waals surface area contributed by atoms with Gasteiger partial charge in [0.05, 0.1) is 0 Å². The summed E-state index contributed by atoms with van der Waals surface area (Å²) < 4.78 is 31.4. The number of aryl methyl sites for hydroxylation is 1. The second-order valence-electron chi connectivity index (χ2n) is 3.52. The molecule has 4 nitrogen and oxygen atoms in total. The van der Waals surface area contributed by atoms with E-state index < -0.39 is 10.1 Å².